The molecule has 1 aromatic carbocycles. The predicted molar refractivity (Wildman–Crippen MR) is 86.7 cm³/mol. The number of aryl methyl sites for hydroxylation is 1. The molecule has 21 heavy (non-hydrogen) atoms. The number of carbonyl (C=O) groups is 1. The number of aliphatic hydroxyl groups is 1. The second kappa shape index (κ2) is 7.63. The molecular weight excluding hydrogens is 282 g/mol. The Morgan fingerprint density at radius 1 is 1.29 bits per heavy atom. The lowest BCUT2D eigenvalue weighted by molar-refractivity contribution is 0.103. The first-order chi connectivity index (χ1) is 10.2. The second-order valence-corrected chi connectivity index (χ2v) is 5.35. The highest BCUT2D eigenvalue weighted by Crippen LogP contribution is 2.19. The van der Waals surface area contributed by atoms with Crippen LogP contribution >= 0.6 is 11.3 Å². The number of amides is 1. The van der Waals surface area contributed by atoms with E-state index in [-0.39, 0.29) is 12.5 Å². The molecule has 0 atom stereocenters. The molecule has 108 valence electrons. The van der Waals surface area contributed by atoms with Gasteiger partial charge in [0, 0.05) is 17.7 Å². The van der Waals surface area contributed by atoms with Crippen LogP contribution in [-0.4, -0.2) is 17.6 Å². The number of hydrogen-bond acceptors (Lipinski definition) is 3. The van der Waals surface area contributed by atoms with Crippen LogP contribution in [0.1, 0.15) is 34.1 Å². The molecule has 0 bridgehead atoms. The summed E-state index contributed by atoms with van der Waals surface area (Å²) in [6.45, 7) is 2.11. The average Bonchev–Trinajstić information content (AvgIpc) is 2.98. The van der Waals surface area contributed by atoms with Gasteiger partial charge < -0.3 is 10.4 Å². The van der Waals surface area contributed by atoms with Gasteiger partial charge in [0.05, 0.1) is 11.5 Å². The average molecular weight is 299 g/mol. The van der Waals surface area contributed by atoms with E-state index in [1.807, 2.05) is 42.6 Å². The first-order valence-electron chi connectivity index (χ1n) is 6.82. The summed E-state index contributed by atoms with van der Waals surface area (Å²) in [5.74, 6) is 5.75. The molecule has 1 heterocycles. The normalized spacial score (nSPS) is 9.81. The fourth-order valence-corrected chi connectivity index (χ4v) is 2.75. The van der Waals surface area contributed by atoms with E-state index in [0.717, 1.165) is 28.1 Å². The molecule has 0 radical (unpaired) electrons. The SMILES string of the molecule is CCc1ccsc1C(=O)Nc1ccc(C#CCCO)cc1. The van der Waals surface area contributed by atoms with Crippen LogP contribution in [0.2, 0.25) is 0 Å². The zero-order chi connectivity index (χ0) is 15.1. The van der Waals surface area contributed by atoms with Crippen molar-refractivity contribution >= 4 is 22.9 Å². The summed E-state index contributed by atoms with van der Waals surface area (Å²) in [7, 11) is 0. The van der Waals surface area contributed by atoms with E-state index in [2.05, 4.69) is 17.2 Å². The molecule has 1 aromatic heterocycles. The van der Waals surface area contributed by atoms with Gasteiger partial charge in [-0.3, -0.25) is 4.79 Å². The minimum Gasteiger partial charge on any atom is -0.395 e. The van der Waals surface area contributed by atoms with Gasteiger partial charge in [-0.1, -0.05) is 18.8 Å². The molecule has 4 heteroatoms. The van der Waals surface area contributed by atoms with Crippen molar-refractivity contribution in [2.75, 3.05) is 11.9 Å². The van der Waals surface area contributed by atoms with E-state index in [9.17, 15) is 4.79 Å². The van der Waals surface area contributed by atoms with Gasteiger partial charge in [0.15, 0.2) is 0 Å². The maximum Gasteiger partial charge on any atom is 0.266 e. The van der Waals surface area contributed by atoms with Gasteiger partial charge in [-0.15, -0.1) is 11.3 Å². The fourth-order valence-electron chi connectivity index (χ4n) is 1.86. The topological polar surface area (TPSA) is 49.3 Å². The molecule has 1 amide bonds. The molecule has 0 aliphatic rings. The van der Waals surface area contributed by atoms with Crippen LogP contribution in [0.4, 0.5) is 5.69 Å². The van der Waals surface area contributed by atoms with Crippen LogP contribution in [0.15, 0.2) is 35.7 Å². The lowest BCUT2D eigenvalue weighted by Gasteiger charge is -2.05. The number of aliphatic hydroxyl groups excluding tert-OH is 1. The molecule has 0 spiro atoms. The summed E-state index contributed by atoms with van der Waals surface area (Å²) < 4.78 is 0. The molecule has 2 rings (SSSR count). The zero-order valence-corrected chi connectivity index (χ0v) is 12.7. The molecule has 0 saturated carbocycles. The van der Waals surface area contributed by atoms with Crippen LogP contribution < -0.4 is 5.32 Å². The zero-order valence-electron chi connectivity index (χ0n) is 11.8. The highest BCUT2D eigenvalue weighted by Gasteiger charge is 2.11. The van der Waals surface area contributed by atoms with Gasteiger partial charge in [0.25, 0.3) is 5.91 Å². The molecule has 0 saturated heterocycles. The van der Waals surface area contributed by atoms with Gasteiger partial charge in [0.1, 0.15) is 0 Å². The van der Waals surface area contributed by atoms with E-state index in [1.165, 1.54) is 11.3 Å². The quantitative estimate of drug-likeness (QED) is 0.851. The lowest BCUT2D eigenvalue weighted by atomic mass is 10.2. The van der Waals surface area contributed by atoms with E-state index in [1.54, 1.807) is 0 Å². The summed E-state index contributed by atoms with van der Waals surface area (Å²) in [6, 6.07) is 9.36. The van der Waals surface area contributed by atoms with Crippen LogP contribution in [-0.2, 0) is 6.42 Å². The summed E-state index contributed by atoms with van der Waals surface area (Å²) in [5, 5.41) is 13.5. The van der Waals surface area contributed by atoms with Crippen molar-refractivity contribution < 1.29 is 9.90 Å². The second-order valence-electron chi connectivity index (χ2n) is 4.44. The molecule has 2 N–H and O–H groups in total. The van der Waals surface area contributed by atoms with Crippen LogP contribution in [0.25, 0.3) is 0 Å². The summed E-state index contributed by atoms with van der Waals surface area (Å²) in [4.78, 5) is 13.0. The molecule has 0 aliphatic heterocycles. The van der Waals surface area contributed by atoms with Crippen LogP contribution in [0.3, 0.4) is 0 Å². The molecule has 2 aromatic rings. The third kappa shape index (κ3) is 4.19. The molecular formula is C17H17NO2S. The first-order valence-corrected chi connectivity index (χ1v) is 7.70. The number of benzene rings is 1. The largest absolute Gasteiger partial charge is 0.395 e. The molecule has 0 aliphatic carbocycles. The van der Waals surface area contributed by atoms with Crippen molar-refractivity contribution in [3.05, 3.63) is 51.7 Å². The number of rotatable bonds is 4. The van der Waals surface area contributed by atoms with Crippen molar-refractivity contribution in [1.82, 2.24) is 0 Å². The van der Waals surface area contributed by atoms with Gasteiger partial charge in [-0.2, -0.15) is 0 Å². The minimum absolute atomic E-state index is 0.0686. The number of anilines is 1. The molecule has 3 nitrogen and oxygen atoms in total. The van der Waals surface area contributed by atoms with Gasteiger partial charge >= 0.3 is 0 Å². The van der Waals surface area contributed by atoms with Crippen LogP contribution in [0.5, 0.6) is 0 Å². The molecule has 0 fully saturated rings. The highest BCUT2D eigenvalue weighted by atomic mass is 32.1. The Morgan fingerprint density at radius 3 is 2.71 bits per heavy atom. The summed E-state index contributed by atoms with van der Waals surface area (Å²) >= 11 is 1.46. The lowest BCUT2D eigenvalue weighted by Crippen LogP contribution is -2.11. The van der Waals surface area contributed by atoms with E-state index >= 15 is 0 Å². The Balaban J connectivity index is 2.04. The van der Waals surface area contributed by atoms with Crippen LogP contribution in [0, 0.1) is 11.8 Å². The number of hydrogen-bond donors (Lipinski definition) is 2. The Kier molecular flexibility index (Phi) is 5.56. The molecule has 0 unspecified atom stereocenters. The van der Waals surface area contributed by atoms with Crippen molar-refractivity contribution in [3.8, 4) is 11.8 Å². The summed E-state index contributed by atoms with van der Waals surface area (Å²) in [6.07, 6.45) is 1.32. The van der Waals surface area contributed by atoms with Gasteiger partial charge in [0.2, 0.25) is 0 Å². The van der Waals surface area contributed by atoms with Crippen molar-refractivity contribution in [3.63, 3.8) is 0 Å². The third-order valence-corrected chi connectivity index (χ3v) is 3.90. The number of thiophene rings is 1. The smallest absolute Gasteiger partial charge is 0.266 e. The van der Waals surface area contributed by atoms with Gasteiger partial charge in [-0.25, -0.2) is 0 Å². The maximum atomic E-state index is 12.2. The van der Waals surface area contributed by atoms with E-state index < -0.39 is 0 Å². The summed E-state index contributed by atoms with van der Waals surface area (Å²) in [5.41, 5.74) is 2.69. The Hall–Kier alpha value is -2.09. The Morgan fingerprint density at radius 2 is 2.05 bits per heavy atom. The third-order valence-electron chi connectivity index (χ3n) is 2.95. The minimum atomic E-state index is -0.0686. The van der Waals surface area contributed by atoms with E-state index in [0.29, 0.717) is 6.42 Å². The van der Waals surface area contributed by atoms with Crippen molar-refractivity contribution in [2.24, 2.45) is 0 Å². The number of carbonyl (C=O) groups excluding carboxylic acids is 1. The fraction of sp³-hybridized carbons (Fsp3) is 0.235. The Bertz CT molecular complexity index is 662. The number of nitrogens with one attached hydrogen (secondary N) is 1. The van der Waals surface area contributed by atoms with E-state index in [4.69, 9.17) is 5.11 Å². The highest BCUT2D eigenvalue weighted by molar-refractivity contribution is 7.12. The first kappa shape index (κ1) is 15.3. The van der Waals surface area contributed by atoms with Crippen molar-refractivity contribution in [2.45, 2.75) is 19.8 Å². The standard InChI is InChI=1S/C17H17NO2S/c1-2-14-10-12-21-16(14)17(20)18-15-8-6-13(7-9-15)5-3-4-11-19/h6-10,12,19H,2,4,11H2,1H3,(H,18,20). The Labute approximate surface area is 128 Å². The monoisotopic (exact) mass is 299 g/mol. The maximum absolute atomic E-state index is 12.2. The van der Waals surface area contributed by atoms with Gasteiger partial charge in [-0.05, 0) is 47.7 Å². The van der Waals surface area contributed by atoms with Crippen molar-refractivity contribution in [1.29, 1.82) is 0 Å². The predicted octanol–water partition coefficient (Wildman–Crippen LogP) is 3.30.